The number of rotatable bonds is 2. The third-order valence-electron chi connectivity index (χ3n) is 4.70. The van der Waals surface area contributed by atoms with Crippen molar-refractivity contribution in [1.29, 1.82) is 0 Å². The Balaban J connectivity index is 1.84. The number of hydrogen-bond acceptors (Lipinski definition) is 2. The molecule has 1 unspecified atom stereocenters. The molecule has 0 radical (unpaired) electrons. The summed E-state index contributed by atoms with van der Waals surface area (Å²) in [5.41, 5.74) is 4.63. The lowest BCUT2D eigenvalue weighted by Crippen LogP contribution is -2.41. The Kier molecular flexibility index (Phi) is 4.60. The van der Waals surface area contributed by atoms with Crippen LogP contribution in [0, 0.1) is 13.8 Å². The molecule has 2 amide bonds. The summed E-state index contributed by atoms with van der Waals surface area (Å²) < 4.78 is 0. The maximum atomic E-state index is 12.7. The number of amides is 2. The zero-order valence-corrected chi connectivity index (χ0v) is 13.7. The Morgan fingerprint density at radius 1 is 1.17 bits per heavy atom. The molecule has 1 fully saturated rings. The van der Waals surface area contributed by atoms with Gasteiger partial charge in [0, 0.05) is 24.6 Å². The van der Waals surface area contributed by atoms with Crippen LogP contribution >= 0.6 is 0 Å². The highest BCUT2D eigenvalue weighted by molar-refractivity contribution is 5.89. The van der Waals surface area contributed by atoms with Crippen molar-refractivity contribution in [2.75, 3.05) is 11.9 Å². The summed E-state index contributed by atoms with van der Waals surface area (Å²) in [6, 6.07) is 10.1. The van der Waals surface area contributed by atoms with Crippen molar-refractivity contribution in [3.05, 3.63) is 59.4 Å². The number of carbonyl (C=O) groups excluding carboxylic acids is 1. The fraction of sp³-hybridized carbons (Fsp3) is 0.368. The van der Waals surface area contributed by atoms with Gasteiger partial charge in [-0.1, -0.05) is 18.2 Å². The Hall–Kier alpha value is -2.36. The summed E-state index contributed by atoms with van der Waals surface area (Å²) in [6.07, 6.45) is 6.62. The van der Waals surface area contributed by atoms with Gasteiger partial charge >= 0.3 is 6.03 Å². The minimum absolute atomic E-state index is 0.0261. The van der Waals surface area contributed by atoms with Gasteiger partial charge in [-0.25, -0.2) is 4.79 Å². The highest BCUT2D eigenvalue weighted by Gasteiger charge is 2.29. The largest absolute Gasteiger partial charge is 0.322 e. The number of aryl methyl sites for hydroxylation is 1. The topological polar surface area (TPSA) is 45.2 Å². The Morgan fingerprint density at radius 2 is 1.96 bits per heavy atom. The van der Waals surface area contributed by atoms with Gasteiger partial charge in [-0.2, -0.15) is 0 Å². The second kappa shape index (κ2) is 6.82. The SMILES string of the molecule is Cc1cccc(C2CCCCN2C(=O)Nc2ccncc2)c1C. The molecule has 4 heteroatoms. The standard InChI is InChI=1S/C19H23N3O/c1-14-6-5-7-17(15(14)2)18-8-3-4-13-22(18)19(23)21-16-9-11-20-12-10-16/h5-7,9-12,18H,3-4,8,13H2,1-2H3,(H,20,21,23). The molecule has 4 nitrogen and oxygen atoms in total. The van der Waals surface area contributed by atoms with Crippen LogP contribution in [-0.4, -0.2) is 22.5 Å². The number of likely N-dealkylation sites (tertiary alicyclic amines) is 1. The third-order valence-corrected chi connectivity index (χ3v) is 4.70. The van der Waals surface area contributed by atoms with Crippen LogP contribution in [0.5, 0.6) is 0 Å². The average molecular weight is 309 g/mol. The van der Waals surface area contributed by atoms with E-state index in [0.717, 1.165) is 31.5 Å². The van der Waals surface area contributed by atoms with Gasteiger partial charge in [0.1, 0.15) is 0 Å². The minimum atomic E-state index is -0.0261. The normalized spacial score (nSPS) is 17.8. The highest BCUT2D eigenvalue weighted by Crippen LogP contribution is 2.34. The fourth-order valence-electron chi connectivity index (χ4n) is 3.26. The molecule has 0 aliphatic carbocycles. The molecule has 2 heterocycles. The molecule has 1 aromatic carbocycles. The second-order valence-corrected chi connectivity index (χ2v) is 6.16. The molecule has 120 valence electrons. The van der Waals surface area contributed by atoms with Gasteiger partial charge in [-0.15, -0.1) is 0 Å². The van der Waals surface area contributed by atoms with E-state index in [4.69, 9.17) is 0 Å². The first kappa shape index (κ1) is 15.5. The number of carbonyl (C=O) groups is 1. The monoisotopic (exact) mass is 309 g/mol. The maximum Gasteiger partial charge on any atom is 0.322 e. The number of pyridine rings is 1. The van der Waals surface area contributed by atoms with Gasteiger partial charge < -0.3 is 10.2 Å². The molecular formula is C19H23N3O. The van der Waals surface area contributed by atoms with Crippen molar-refractivity contribution in [3.8, 4) is 0 Å². The Labute approximate surface area is 137 Å². The predicted octanol–water partition coefficient (Wildman–Crippen LogP) is 4.46. The number of nitrogens with zero attached hydrogens (tertiary/aromatic N) is 2. The molecule has 2 aromatic rings. The van der Waals surface area contributed by atoms with Crippen LogP contribution in [0.1, 0.15) is 42.0 Å². The molecule has 1 aliphatic rings. The maximum absolute atomic E-state index is 12.7. The van der Waals surface area contributed by atoms with E-state index in [1.54, 1.807) is 12.4 Å². The Bertz CT molecular complexity index is 684. The smallest absolute Gasteiger partial charge is 0.317 e. The van der Waals surface area contributed by atoms with Gasteiger partial charge in [0.25, 0.3) is 0 Å². The minimum Gasteiger partial charge on any atom is -0.317 e. The van der Waals surface area contributed by atoms with E-state index in [9.17, 15) is 4.79 Å². The van der Waals surface area contributed by atoms with Gasteiger partial charge in [0.05, 0.1) is 6.04 Å². The lowest BCUT2D eigenvalue weighted by atomic mass is 9.90. The van der Waals surface area contributed by atoms with Crippen LogP contribution in [0.15, 0.2) is 42.7 Å². The van der Waals surface area contributed by atoms with Gasteiger partial charge in [-0.3, -0.25) is 4.98 Å². The lowest BCUT2D eigenvalue weighted by molar-refractivity contribution is 0.163. The number of piperidine rings is 1. The second-order valence-electron chi connectivity index (χ2n) is 6.16. The summed E-state index contributed by atoms with van der Waals surface area (Å²) in [7, 11) is 0. The van der Waals surface area contributed by atoms with E-state index in [1.165, 1.54) is 16.7 Å². The number of benzene rings is 1. The molecule has 0 saturated carbocycles. The van der Waals surface area contributed by atoms with Crippen LogP contribution in [0.2, 0.25) is 0 Å². The third kappa shape index (κ3) is 3.36. The van der Waals surface area contributed by atoms with Crippen LogP contribution in [0.3, 0.4) is 0 Å². The zero-order valence-electron chi connectivity index (χ0n) is 13.7. The van der Waals surface area contributed by atoms with Crippen molar-refractivity contribution in [2.24, 2.45) is 0 Å². The van der Waals surface area contributed by atoms with Crippen LogP contribution < -0.4 is 5.32 Å². The molecule has 0 bridgehead atoms. The molecular weight excluding hydrogens is 286 g/mol. The van der Waals surface area contributed by atoms with E-state index in [2.05, 4.69) is 42.3 Å². The summed E-state index contributed by atoms with van der Waals surface area (Å²) in [5.74, 6) is 0. The predicted molar refractivity (Wildman–Crippen MR) is 92.5 cm³/mol. The molecule has 1 aliphatic heterocycles. The van der Waals surface area contributed by atoms with Crippen molar-refractivity contribution >= 4 is 11.7 Å². The Morgan fingerprint density at radius 3 is 2.74 bits per heavy atom. The number of aromatic nitrogens is 1. The molecule has 3 rings (SSSR count). The van der Waals surface area contributed by atoms with E-state index >= 15 is 0 Å². The quantitative estimate of drug-likeness (QED) is 0.890. The summed E-state index contributed by atoms with van der Waals surface area (Å²) in [5, 5.41) is 2.99. The van der Waals surface area contributed by atoms with Gasteiger partial charge in [0.15, 0.2) is 0 Å². The molecule has 23 heavy (non-hydrogen) atoms. The lowest BCUT2D eigenvalue weighted by Gasteiger charge is -2.37. The van der Waals surface area contributed by atoms with Crippen LogP contribution in [-0.2, 0) is 0 Å². The van der Waals surface area contributed by atoms with Crippen LogP contribution in [0.4, 0.5) is 10.5 Å². The first-order chi connectivity index (χ1) is 11.2. The summed E-state index contributed by atoms with van der Waals surface area (Å²) in [6.45, 7) is 5.08. The summed E-state index contributed by atoms with van der Waals surface area (Å²) >= 11 is 0. The molecule has 1 aromatic heterocycles. The number of hydrogen-bond donors (Lipinski definition) is 1. The first-order valence-electron chi connectivity index (χ1n) is 8.20. The molecule has 0 spiro atoms. The van der Waals surface area contributed by atoms with Gasteiger partial charge in [-0.05, 0) is 61.9 Å². The number of urea groups is 1. The van der Waals surface area contributed by atoms with Crippen molar-refractivity contribution in [2.45, 2.75) is 39.2 Å². The van der Waals surface area contributed by atoms with Crippen molar-refractivity contribution < 1.29 is 4.79 Å². The van der Waals surface area contributed by atoms with E-state index in [-0.39, 0.29) is 12.1 Å². The number of nitrogens with one attached hydrogen (secondary N) is 1. The van der Waals surface area contributed by atoms with Crippen molar-refractivity contribution in [1.82, 2.24) is 9.88 Å². The van der Waals surface area contributed by atoms with Gasteiger partial charge in [0.2, 0.25) is 0 Å². The highest BCUT2D eigenvalue weighted by atomic mass is 16.2. The molecule has 1 atom stereocenters. The van der Waals surface area contributed by atoms with E-state index < -0.39 is 0 Å². The van der Waals surface area contributed by atoms with E-state index in [0.29, 0.717) is 0 Å². The first-order valence-corrected chi connectivity index (χ1v) is 8.20. The molecule has 1 saturated heterocycles. The fourth-order valence-corrected chi connectivity index (χ4v) is 3.26. The van der Waals surface area contributed by atoms with Crippen LogP contribution in [0.25, 0.3) is 0 Å². The summed E-state index contributed by atoms with van der Waals surface area (Å²) in [4.78, 5) is 18.7. The average Bonchev–Trinajstić information content (AvgIpc) is 2.58. The molecule has 1 N–H and O–H groups in total. The number of anilines is 1. The van der Waals surface area contributed by atoms with E-state index in [1.807, 2.05) is 17.0 Å². The van der Waals surface area contributed by atoms with Crippen molar-refractivity contribution in [3.63, 3.8) is 0 Å². The zero-order chi connectivity index (χ0) is 16.2.